The third-order valence-corrected chi connectivity index (χ3v) is 5.28. The van der Waals surface area contributed by atoms with Gasteiger partial charge in [-0.15, -0.1) is 21.5 Å². The average molecular weight is 405 g/mol. The predicted octanol–water partition coefficient (Wildman–Crippen LogP) is 3.94. The van der Waals surface area contributed by atoms with E-state index in [0.717, 1.165) is 16.5 Å². The maximum Gasteiger partial charge on any atom is 0.277 e. The number of carbonyl (C=O) groups excluding carboxylic acids is 1. The second-order valence-electron chi connectivity index (χ2n) is 5.70. The number of amides is 1. The van der Waals surface area contributed by atoms with E-state index in [1.807, 2.05) is 31.4 Å². The van der Waals surface area contributed by atoms with Crippen molar-refractivity contribution in [1.82, 2.24) is 15.2 Å². The number of thioether (sulfide) groups is 1. The molecule has 3 aromatic rings. The monoisotopic (exact) mass is 404 g/mol. The van der Waals surface area contributed by atoms with Crippen LogP contribution in [-0.4, -0.2) is 32.9 Å². The molecular formula is C18H20N4O3S2. The third kappa shape index (κ3) is 5.54. The number of hydrogen-bond acceptors (Lipinski definition) is 8. The van der Waals surface area contributed by atoms with E-state index in [4.69, 9.17) is 9.15 Å². The highest BCUT2D eigenvalue weighted by Crippen LogP contribution is 2.24. The molecule has 27 heavy (non-hydrogen) atoms. The van der Waals surface area contributed by atoms with Gasteiger partial charge < -0.3 is 14.5 Å². The number of anilines is 1. The van der Waals surface area contributed by atoms with Gasteiger partial charge in [-0.1, -0.05) is 11.8 Å². The minimum atomic E-state index is -0.383. The molecule has 0 spiro atoms. The minimum Gasteiger partial charge on any atom is -0.494 e. The Balaban J connectivity index is 1.53. The van der Waals surface area contributed by atoms with Crippen molar-refractivity contribution in [1.29, 1.82) is 0 Å². The second-order valence-corrected chi connectivity index (χ2v) is 8.06. The average Bonchev–Trinajstić information content (AvgIpc) is 3.26. The van der Waals surface area contributed by atoms with Gasteiger partial charge in [0.15, 0.2) is 0 Å². The summed E-state index contributed by atoms with van der Waals surface area (Å²) in [4.78, 5) is 16.7. The molecule has 0 bridgehead atoms. The molecule has 0 aliphatic carbocycles. The Hall–Kier alpha value is -2.39. The molecule has 0 aliphatic heterocycles. The summed E-state index contributed by atoms with van der Waals surface area (Å²) >= 11 is 2.81. The number of aromatic nitrogens is 3. The van der Waals surface area contributed by atoms with E-state index < -0.39 is 0 Å². The van der Waals surface area contributed by atoms with Crippen molar-refractivity contribution in [2.24, 2.45) is 0 Å². The lowest BCUT2D eigenvalue weighted by Crippen LogP contribution is -2.22. The molecule has 0 aliphatic rings. The van der Waals surface area contributed by atoms with E-state index >= 15 is 0 Å². The summed E-state index contributed by atoms with van der Waals surface area (Å²) in [5.74, 6) is 1.12. The van der Waals surface area contributed by atoms with Gasteiger partial charge in [0, 0.05) is 11.1 Å². The van der Waals surface area contributed by atoms with E-state index in [2.05, 4.69) is 20.5 Å². The van der Waals surface area contributed by atoms with Gasteiger partial charge in [0.05, 0.1) is 29.0 Å². The molecule has 9 heteroatoms. The van der Waals surface area contributed by atoms with Crippen LogP contribution in [0.4, 0.5) is 5.69 Å². The predicted molar refractivity (Wildman–Crippen MR) is 106 cm³/mol. The number of nitrogens with zero attached hydrogens (tertiary/aromatic N) is 3. The Morgan fingerprint density at radius 3 is 2.78 bits per heavy atom. The Labute approximate surface area is 165 Å². The lowest BCUT2D eigenvalue weighted by Gasteiger charge is -2.10. The van der Waals surface area contributed by atoms with E-state index in [1.165, 1.54) is 11.8 Å². The molecule has 1 amide bonds. The third-order valence-electron chi connectivity index (χ3n) is 3.53. The van der Waals surface area contributed by atoms with Crippen LogP contribution in [-0.2, 0) is 11.2 Å². The summed E-state index contributed by atoms with van der Waals surface area (Å²) < 4.78 is 11.0. The maximum absolute atomic E-state index is 12.4. The van der Waals surface area contributed by atoms with Gasteiger partial charge >= 0.3 is 0 Å². The number of hydrogen-bond donors (Lipinski definition) is 1. The summed E-state index contributed by atoms with van der Waals surface area (Å²) in [5.41, 5.74) is 1.61. The summed E-state index contributed by atoms with van der Waals surface area (Å²) in [5, 5.41) is 13.9. The van der Waals surface area contributed by atoms with Gasteiger partial charge in [-0.3, -0.25) is 4.79 Å². The van der Waals surface area contributed by atoms with E-state index in [0.29, 0.717) is 29.8 Å². The topological polar surface area (TPSA) is 90.1 Å². The molecule has 0 unspecified atom stereocenters. The largest absolute Gasteiger partial charge is 0.494 e. The number of thiazole rings is 1. The highest BCUT2D eigenvalue weighted by Gasteiger charge is 2.19. The van der Waals surface area contributed by atoms with Crippen LogP contribution in [0.3, 0.4) is 0 Å². The molecular weight excluding hydrogens is 384 g/mol. The van der Waals surface area contributed by atoms with Crippen molar-refractivity contribution >= 4 is 34.7 Å². The van der Waals surface area contributed by atoms with Crippen molar-refractivity contribution in [2.75, 3.05) is 11.9 Å². The summed E-state index contributed by atoms with van der Waals surface area (Å²) in [6.45, 7) is 6.28. The van der Waals surface area contributed by atoms with Crippen LogP contribution in [0.2, 0.25) is 0 Å². The Bertz CT molecular complexity index is 892. The quantitative estimate of drug-likeness (QED) is 0.569. The molecule has 1 atom stereocenters. The Morgan fingerprint density at radius 2 is 2.11 bits per heavy atom. The molecule has 0 fully saturated rings. The fraction of sp³-hybridized carbons (Fsp3) is 0.333. The van der Waals surface area contributed by atoms with Gasteiger partial charge in [0.1, 0.15) is 5.75 Å². The lowest BCUT2D eigenvalue weighted by molar-refractivity contribution is -0.115. The molecule has 2 heterocycles. The van der Waals surface area contributed by atoms with Gasteiger partial charge in [-0.05, 0) is 45.0 Å². The SMILES string of the molecule is CCOc1ccc(NC(=O)[C@@H](C)Sc2nnc(Cc3csc(C)n3)o2)cc1. The highest BCUT2D eigenvalue weighted by atomic mass is 32.2. The van der Waals surface area contributed by atoms with E-state index in [1.54, 1.807) is 30.4 Å². The first-order valence-electron chi connectivity index (χ1n) is 8.47. The Kier molecular flexibility index (Phi) is 6.46. The number of nitrogens with one attached hydrogen (secondary N) is 1. The zero-order valence-electron chi connectivity index (χ0n) is 15.3. The molecule has 3 rings (SSSR count). The molecule has 142 valence electrons. The molecule has 7 nitrogen and oxygen atoms in total. The van der Waals surface area contributed by atoms with Crippen molar-refractivity contribution in [2.45, 2.75) is 37.7 Å². The first-order chi connectivity index (χ1) is 13.0. The van der Waals surface area contributed by atoms with Crippen LogP contribution in [0.15, 0.2) is 39.3 Å². The normalized spacial score (nSPS) is 12.0. The smallest absolute Gasteiger partial charge is 0.277 e. The number of carbonyl (C=O) groups is 1. The zero-order chi connectivity index (χ0) is 19.2. The molecule has 0 saturated carbocycles. The van der Waals surface area contributed by atoms with Gasteiger partial charge in [0.2, 0.25) is 11.8 Å². The maximum atomic E-state index is 12.4. The zero-order valence-corrected chi connectivity index (χ0v) is 16.9. The molecule has 1 N–H and O–H groups in total. The van der Waals surface area contributed by atoms with Crippen LogP contribution in [0.5, 0.6) is 5.75 Å². The van der Waals surface area contributed by atoms with Crippen LogP contribution in [0.25, 0.3) is 0 Å². The van der Waals surface area contributed by atoms with Crippen molar-refractivity contribution in [3.05, 3.63) is 46.2 Å². The molecule has 2 aromatic heterocycles. The van der Waals surface area contributed by atoms with Crippen LogP contribution in [0.1, 0.15) is 30.4 Å². The van der Waals surface area contributed by atoms with E-state index in [-0.39, 0.29) is 11.2 Å². The van der Waals surface area contributed by atoms with Crippen LogP contribution >= 0.6 is 23.1 Å². The highest BCUT2D eigenvalue weighted by molar-refractivity contribution is 8.00. The molecule has 0 radical (unpaired) electrons. The summed E-state index contributed by atoms with van der Waals surface area (Å²) in [6, 6.07) is 7.25. The molecule has 1 aromatic carbocycles. The van der Waals surface area contributed by atoms with Gasteiger partial charge in [-0.25, -0.2) is 4.98 Å². The lowest BCUT2D eigenvalue weighted by atomic mass is 10.3. The van der Waals surface area contributed by atoms with Crippen molar-refractivity contribution < 1.29 is 13.9 Å². The second kappa shape index (κ2) is 9.01. The van der Waals surface area contributed by atoms with E-state index in [9.17, 15) is 4.79 Å². The fourth-order valence-electron chi connectivity index (χ4n) is 2.25. The van der Waals surface area contributed by atoms with Crippen LogP contribution in [0, 0.1) is 6.92 Å². The summed E-state index contributed by atoms with van der Waals surface area (Å²) in [6.07, 6.45) is 0.491. The first kappa shape index (κ1) is 19.4. The first-order valence-corrected chi connectivity index (χ1v) is 10.2. The Morgan fingerprint density at radius 1 is 1.33 bits per heavy atom. The standard InChI is InChI=1S/C18H20N4O3S2/c1-4-24-15-7-5-13(6-8-15)20-17(23)11(2)27-18-22-21-16(25-18)9-14-10-26-12(3)19-14/h5-8,10-11H,4,9H2,1-3H3,(H,20,23)/t11-/m1/s1. The number of ether oxygens (including phenoxy) is 1. The van der Waals surface area contributed by atoms with Gasteiger partial charge in [-0.2, -0.15) is 0 Å². The number of rotatable bonds is 8. The minimum absolute atomic E-state index is 0.140. The number of aryl methyl sites for hydroxylation is 1. The van der Waals surface area contributed by atoms with Crippen LogP contribution < -0.4 is 10.1 Å². The van der Waals surface area contributed by atoms with Crippen molar-refractivity contribution in [3.63, 3.8) is 0 Å². The summed E-state index contributed by atoms with van der Waals surface area (Å²) in [7, 11) is 0. The van der Waals surface area contributed by atoms with Gasteiger partial charge in [0.25, 0.3) is 5.22 Å². The van der Waals surface area contributed by atoms with Crippen molar-refractivity contribution in [3.8, 4) is 5.75 Å². The molecule has 0 saturated heterocycles. The fourth-order valence-corrected chi connectivity index (χ4v) is 3.56. The number of benzene rings is 1.